The summed E-state index contributed by atoms with van der Waals surface area (Å²) in [6, 6.07) is 3.13. The Morgan fingerprint density at radius 1 is 0.667 bits per heavy atom. The number of H-pyrrole nitrogens is 1. The molecule has 2 aromatic carbocycles. The standard InChI is InChI=1S/C37H47N7O13/c1-18(2)31(38)36(55)44-28(17-45)35(54)42-26(15-30(49)50)34(53)40-24(11-12-29(47)48)32(51)41-25(14-20-16-39-23-6-4-3-5-22(20)23)33(52)43-27(37(56)57)13-19-7-9-21(46)10-8-19/h3-10,16,18,24-28,31,39,45-46H,11-15,17,38H2,1-2H3,(H,40,53)(H,41,51)(H,42,54)(H,43,52)(H,44,55)(H,47,48)(H,49,50)(H,56,57)/t24-,25-,26-,27-,28-,31-/m0/s1. The third-order valence-corrected chi connectivity index (χ3v) is 8.85. The number of nitrogens with one attached hydrogen (secondary N) is 6. The number of carbonyl (C=O) groups excluding carboxylic acids is 5. The molecule has 0 aliphatic rings. The third kappa shape index (κ3) is 13.6. The van der Waals surface area contributed by atoms with E-state index in [1.807, 2.05) is 0 Å². The van der Waals surface area contributed by atoms with E-state index in [4.69, 9.17) is 5.73 Å². The largest absolute Gasteiger partial charge is 0.508 e. The fraction of sp³-hybridized carbons (Fsp3) is 0.405. The molecule has 6 atom stereocenters. The van der Waals surface area contributed by atoms with Crippen molar-refractivity contribution >= 4 is 58.3 Å². The Morgan fingerprint density at radius 2 is 1.21 bits per heavy atom. The van der Waals surface area contributed by atoms with E-state index in [-0.39, 0.29) is 24.5 Å². The molecule has 20 nitrogen and oxygen atoms in total. The number of phenols is 1. The molecule has 57 heavy (non-hydrogen) atoms. The van der Waals surface area contributed by atoms with Gasteiger partial charge < -0.3 is 62.8 Å². The van der Waals surface area contributed by atoms with Crippen LogP contribution >= 0.6 is 0 Å². The van der Waals surface area contributed by atoms with Gasteiger partial charge in [0.2, 0.25) is 29.5 Å². The zero-order chi connectivity index (χ0) is 42.4. The molecule has 0 unspecified atom stereocenters. The van der Waals surface area contributed by atoms with Gasteiger partial charge in [0.25, 0.3) is 0 Å². The molecular formula is C37H47N7O13. The number of rotatable bonds is 22. The SMILES string of the molecule is CC(C)[C@H](N)C(=O)N[C@@H](CO)C(=O)N[C@@H](CC(=O)O)C(=O)N[C@@H](CCC(=O)O)C(=O)N[C@@H](Cc1c[nH]c2ccccc12)C(=O)N[C@@H](Cc1ccc(O)cc1)C(=O)O. The first kappa shape index (κ1) is 44.9. The predicted octanol–water partition coefficient (Wildman–Crippen LogP) is -1.52. The molecule has 0 bridgehead atoms. The number of fused-ring (bicyclic) bond motifs is 1. The molecule has 13 N–H and O–H groups in total. The molecule has 0 aliphatic carbocycles. The molecule has 3 aromatic rings. The number of hydrogen-bond donors (Lipinski definition) is 12. The zero-order valence-corrected chi connectivity index (χ0v) is 31.1. The van der Waals surface area contributed by atoms with Crippen LogP contribution in [0.4, 0.5) is 0 Å². The number of aromatic amines is 1. The maximum Gasteiger partial charge on any atom is 0.326 e. The van der Waals surface area contributed by atoms with Crippen molar-refractivity contribution in [3.8, 4) is 5.75 Å². The van der Waals surface area contributed by atoms with Gasteiger partial charge in [-0.05, 0) is 41.7 Å². The van der Waals surface area contributed by atoms with Crippen molar-refractivity contribution in [3.63, 3.8) is 0 Å². The predicted molar refractivity (Wildman–Crippen MR) is 200 cm³/mol. The van der Waals surface area contributed by atoms with Crippen LogP contribution in [0.15, 0.2) is 54.7 Å². The van der Waals surface area contributed by atoms with Gasteiger partial charge in [0.1, 0.15) is 36.0 Å². The lowest BCUT2D eigenvalue weighted by Crippen LogP contribution is -2.60. The van der Waals surface area contributed by atoms with Crippen LogP contribution in [-0.2, 0) is 51.2 Å². The van der Waals surface area contributed by atoms with E-state index in [0.29, 0.717) is 22.0 Å². The lowest BCUT2D eigenvalue weighted by molar-refractivity contribution is -0.142. The summed E-state index contributed by atoms with van der Waals surface area (Å²) < 4.78 is 0. The molecule has 0 aliphatic heterocycles. The minimum Gasteiger partial charge on any atom is -0.508 e. The molecule has 3 rings (SSSR count). The van der Waals surface area contributed by atoms with Crippen LogP contribution in [0.2, 0.25) is 0 Å². The van der Waals surface area contributed by atoms with Gasteiger partial charge in [-0.2, -0.15) is 0 Å². The Morgan fingerprint density at radius 3 is 1.81 bits per heavy atom. The van der Waals surface area contributed by atoms with E-state index in [2.05, 4.69) is 31.6 Å². The second kappa shape index (κ2) is 20.9. The fourth-order valence-corrected chi connectivity index (χ4v) is 5.57. The Balaban J connectivity index is 1.90. The number of para-hydroxylation sites is 1. The van der Waals surface area contributed by atoms with E-state index in [0.717, 1.165) is 0 Å². The summed E-state index contributed by atoms with van der Waals surface area (Å²) >= 11 is 0. The summed E-state index contributed by atoms with van der Waals surface area (Å²) in [6.07, 6.45) is -1.19. The number of benzene rings is 2. The van der Waals surface area contributed by atoms with Crippen molar-refractivity contribution in [2.45, 2.75) is 82.2 Å². The van der Waals surface area contributed by atoms with Crippen molar-refractivity contribution < 1.29 is 63.9 Å². The molecule has 0 saturated carbocycles. The van der Waals surface area contributed by atoms with Crippen molar-refractivity contribution in [1.82, 2.24) is 31.6 Å². The minimum absolute atomic E-state index is 0.0671. The smallest absolute Gasteiger partial charge is 0.326 e. The molecule has 0 spiro atoms. The average Bonchev–Trinajstić information content (AvgIpc) is 3.56. The van der Waals surface area contributed by atoms with Gasteiger partial charge in [0.15, 0.2) is 0 Å². The maximum absolute atomic E-state index is 13.9. The average molecular weight is 798 g/mol. The quantitative estimate of drug-likeness (QED) is 0.0550. The number of aliphatic hydroxyl groups is 1. The summed E-state index contributed by atoms with van der Waals surface area (Å²) in [4.78, 5) is 105. The highest BCUT2D eigenvalue weighted by atomic mass is 16.4. The van der Waals surface area contributed by atoms with Crippen LogP contribution in [-0.4, -0.2) is 121 Å². The van der Waals surface area contributed by atoms with Crippen molar-refractivity contribution in [2.75, 3.05) is 6.61 Å². The van der Waals surface area contributed by atoms with Crippen LogP contribution in [0.3, 0.4) is 0 Å². The first-order chi connectivity index (χ1) is 26.9. The number of carboxylic acids is 3. The van der Waals surface area contributed by atoms with Crippen molar-refractivity contribution in [1.29, 1.82) is 0 Å². The van der Waals surface area contributed by atoms with Gasteiger partial charge in [-0.25, -0.2) is 4.79 Å². The molecule has 308 valence electrons. The van der Waals surface area contributed by atoms with E-state index in [9.17, 15) is 63.9 Å². The van der Waals surface area contributed by atoms with E-state index < -0.39 is 110 Å². The van der Waals surface area contributed by atoms with Gasteiger partial charge in [0, 0.05) is 36.4 Å². The molecule has 20 heteroatoms. The Labute approximate surface area is 325 Å². The summed E-state index contributed by atoms with van der Waals surface area (Å²) in [7, 11) is 0. The molecule has 0 fully saturated rings. The minimum atomic E-state index is -1.92. The fourth-order valence-electron chi connectivity index (χ4n) is 5.57. The van der Waals surface area contributed by atoms with E-state index in [1.165, 1.54) is 24.3 Å². The van der Waals surface area contributed by atoms with Crippen LogP contribution < -0.4 is 32.3 Å². The molecule has 1 heterocycles. The highest BCUT2D eigenvalue weighted by Crippen LogP contribution is 2.20. The number of aliphatic hydroxyl groups excluding tert-OH is 1. The normalized spacial score (nSPS) is 14.3. The number of phenolic OH excluding ortho intramolecular Hbond substituents is 1. The Hall–Kier alpha value is -6.54. The number of carbonyl (C=O) groups is 8. The monoisotopic (exact) mass is 797 g/mol. The number of aromatic nitrogens is 1. The highest BCUT2D eigenvalue weighted by Gasteiger charge is 2.34. The van der Waals surface area contributed by atoms with Gasteiger partial charge in [-0.1, -0.05) is 44.2 Å². The van der Waals surface area contributed by atoms with Gasteiger partial charge >= 0.3 is 17.9 Å². The maximum atomic E-state index is 13.9. The third-order valence-electron chi connectivity index (χ3n) is 8.85. The first-order valence-electron chi connectivity index (χ1n) is 17.8. The topological polar surface area (TPSA) is 340 Å². The number of hydrogen-bond acceptors (Lipinski definition) is 11. The van der Waals surface area contributed by atoms with Crippen molar-refractivity contribution in [2.24, 2.45) is 11.7 Å². The molecule has 5 amide bonds. The van der Waals surface area contributed by atoms with Gasteiger partial charge in [-0.3, -0.25) is 33.6 Å². The molecular weight excluding hydrogens is 750 g/mol. The number of carboxylic acid groups (broad SMARTS) is 3. The van der Waals surface area contributed by atoms with E-state index >= 15 is 0 Å². The number of aliphatic carboxylic acids is 3. The van der Waals surface area contributed by atoms with Crippen LogP contribution in [0, 0.1) is 5.92 Å². The lowest BCUT2D eigenvalue weighted by Gasteiger charge is -2.26. The Bertz CT molecular complexity index is 1930. The number of aromatic hydroxyl groups is 1. The van der Waals surface area contributed by atoms with Crippen LogP contribution in [0.5, 0.6) is 5.75 Å². The number of nitrogens with two attached hydrogens (primary N) is 1. The van der Waals surface area contributed by atoms with E-state index in [1.54, 1.807) is 44.3 Å². The summed E-state index contributed by atoms with van der Waals surface area (Å²) in [5.41, 5.74) is 7.44. The Kier molecular flexibility index (Phi) is 16.5. The zero-order valence-electron chi connectivity index (χ0n) is 31.1. The second-order valence-corrected chi connectivity index (χ2v) is 13.6. The summed E-state index contributed by atoms with van der Waals surface area (Å²) in [6.45, 7) is 2.29. The molecule has 1 aromatic heterocycles. The lowest BCUT2D eigenvalue weighted by atomic mass is 10.0. The summed E-state index contributed by atoms with van der Waals surface area (Å²) in [5.74, 6) is -10.1. The molecule has 0 saturated heterocycles. The first-order valence-corrected chi connectivity index (χ1v) is 17.8. The van der Waals surface area contributed by atoms with Gasteiger partial charge in [-0.15, -0.1) is 0 Å². The second-order valence-electron chi connectivity index (χ2n) is 13.6. The highest BCUT2D eigenvalue weighted by molar-refractivity contribution is 5.98. The van der Waals surface area contributed by atoms with Crippen LogP contribution in [0.25, 0.3) is 10.9 Å². The molecule has 0 radical (unpaired) electrons. The van der Waals surface area contributed by atoms with Gasteiger partial charge in [0.05, 0.1) is 19.1 Å². The number of amides is 5. The van der Waals surface area contributed by atoms with Crippen LogP contribution in [0.1, 0.15) is 44.2 Å². The summed E-state index contributed by atoms with van der Waals surface area (Å²) in [5, 5.41) is 60.3. The van der Waals surface area contributed by atoms with Crippen molar-refractivity contribution in [3.05, 3.63) is 65.9 Å².